The zero-order valence-electron chi connectivity index (χ0n) is 12.8. The lowest BCUT2D eigenvalue weighted by Gasteiger charge is -2.40. The highest BCUT2D eigenvalue weighted by Crippen LogP contribution is 2.38. The number of rotatable bonds is 3. The fraction of sp³-hybridized carbons (Fsp3) is 0.333. The number of fused-ring (bicyclic) bond motifs is 1. The van der Waals surface area contributed by atoms with Crippen LogP contribution in [-0.2, 0) is 4.74 Å². The minimum atomic E-state index is -0.500. The van der Waals surface area contributed by atoms with Crippen LogP contribution in [0.4, 0.5) is 0 Å². The van der Waals surface area contributed by atoms with Crippen LogP contribution in [0.15, 0.2) is 48.3 Å². The molecule has 0 aromatic heterocycles. The van der Waals surface area contributed by atoms with Crippen LogP contribution in [0.1, 0.15) is 41.0 Å². The van der Waals surface area contributed by atoms with Gasteiger partial charge in [-0.15, -0.1) is 6.58 Å². The van der Waals surface area contributed by atoms with Gasteiger partial charge >= 0.3 is 0 Å². The molecule has 0 amide bonds. The first-order chi connectivity index (χ1) is 10.4. The molecule has 0 saturated carbocycles. The number of carbonyl (C=O) groups excluding carboxylic acids is 2. The van der Waals surface area contributed by atoms with Crippen LogP contribution in [0.25, 0.3) is 0 Å². The van der Waals surface area contributed by atoms with Gasteiger partial charge in [0.25, 0.3) is 0 Å². The minimum Gasteiger partial charge on any atom is -0.483 e. The summed E-state index contributed by atoms with van der Waals surface area (Å²) in [4.78, 5) is 25.5. The van der Waals surface area contributed by atoms with Crippen molar-refractivity contribution in [3.05, 3.63) is 59.4 Å². The first kappa shape index (κ1) is 14.7. The third-order valence-electron chi connectivity index (χ3n) is 4.04. The number of ether oxygens (including phenoxy) is 1. The summed E-state index contributed by atoms with van der Waals surface area (Å²) in [5.41, 5.74) is 0.830. The van der Waals surface area contributed by atoms with Crippen molar-refractivity contribution < 1.29 is 14.3 Å². The van der Waals surface area contributed by atoms with Crippen molar-refractivity contribution in [2.24, 2.45) is 0 Å². The molecule has 0 saturated heterocycles. The molecule has 1 unspecified atom stereocenters. The highest BCUT2D eigenvalue weighted by Gasteiger charge is 2.44. The Morgan fingerprint density at radius 1 is 1.27 bits per heavy atom. The van der Waals surface area contributed by atoms with Gasteiger partial charge in [-0.25, -0.2) is 0 Å². The lowest BCUT2D eigenvalue weighted by atomic mass is 9.79. The number of nitrogens with one attached hydrogen (secondary N) is 1. The predicted octanol–water partition coefficient (Wildman–Crippen LogP) is 2.66. The van der Waals surface area contributed by atoms with Gasteiger partial charge in [0.2, 0.25) is 5.78 Å². The van der Waals surface area contributed by atoms with Gasteiger partial charge in [-0.05, 0) is 13.8 Å². The molecule has 0 spiro atoms. The molecule has 1 atom stereocenters. The number of allylic oxidation sites excluding steroid dienone is 1. The van der Waals surface area contributed by atoms with Gasteiger partial charge in [0.05, 0.1) is 5.57 Å². The zero-order chi connectivity index (χ0) is 15.9. The van der Waals surface area contributed by atoms with Crippen molar-refractivity contribution in [3.63, 3.8) is 0 Å². The fourth-order valence-corrected chi connectivity index (χ4v) is 3.10. The number of benzene rings is 1. The average Bonchev–Trinajstić information content (AvgIpc) is 2.49. The van der Waals surface area contributed by atoms with E-state index in [1.54, 1.807) is 30.3 Å². The second-order valence-corrected chi connectivity index (χ2v) is 6.26. The second-order valence-electron chi connectivity index (χ2n) is 6.26. The Bertz CT molecular complexity index is 700. The molecule has 1 aromatic rings. The van der Waals surface area contributed by atoms with E-state index in [4.69, 9.17) is 4.74 Å². The highest BCUT2D eigenvalue weighted by molar-refractivity contribution is 6.26. The van der Waals surface area contributed by atoms with Crippen LogP contribution >= 0.6 is 0 Å². The lowest BCUT2D eigenvalue weighted by molar-refractivity contribution is 0.00264. The van der Waals surface area contributed by atoms with Gasteiger partial charge in [-0.3, -0.25) is 9.59 Å². The monoisotopic (exact) mass is 297 g/mol. The molecule has 0 radical (unpaired) electrons. The van der Waals surface area contributed by atoms with Crippen LogP contribution < -0.4 is 5.32 Å². The molecule has 22 heavy (non-hydrogen) atoms. The van der Waals surface area contributed by atoms with Crippen molar-refractivity contribution >= 4 is 11.6 Å². The first-order valence-corrected chi connectivity index (χ1v) is 7.40. The van der Waals surface area contributed by atoms with E-state index in [0.717, 1.165) is 0 Å². The number of hydrogen-bond acceptors (Lipinski definition) is 4. The summed E-state index contributed by atoms with van der Waals surface area (Å²) < 4.78 is 5.87. The Morgan fingerprint density at radius 2 is 1.91 bits per heavy atom. The summed E-state index contributed by atoms with van der Waals surface area (Å²) in [5.74, 6) is -0.132. The van der Waals surface area contributed by atoms with Crippen molar-refractivity contribution in [1.82, 2.24) is 5.32 Å². The van der Waals surface area contributed by atoms with Gasteiger partial charge in [0, 0.05) is 30.1 Å². The first-order valence-electron chi connectivity index (χ1n) is 7.40. The van der Waals surface area contributed by atoms with Crippen LogP contribution in [0.3, 0.4) is 0 Å². The molecule has 4 heteroatoms. The molecule has 4 nitrogen and oxygen atoms in total. The molecule has 1 aliphatic carbocycles. The average molecular weight is 297 g/mol. The zero-order valence-corrected chi connectivity index (χ0v) is 12.8. The number of carbonyl (C=O) groups is 2. The molecule has 2 aliphatic rings. The van der Waals surface area contributed by atoms with E-state index >= 15 is 0 Å². The fourth-order valence-electron chi connectivity index (χ4n) is 3.10. The number of hydrogen-bond donors (Lipinski definition) is 1. The van der Waals surface area contributed by atoms with Crippen molar-refractivity contribution in [2.75, 3.05) is 6.54 Å². The van der Waals surface area contributed by atoms with Gasteiger partial charge in [0.15, 0.2) is 11.5 Å². The van der Waals surface area contributed by atoms with E-state index in [1.165, 1.54) is 0 Å². The predicted molar refractivity (Wildman–Crippen MR) is 83.9 cm³/mol. The minimum absolute atomic E-state index is 0.123. The molecule has 1 aromatic carbocycles. The van der Waals surface area contributed by atoms with Gasteiger partial charge in [-0.2, -0.15) is 0 Å². The summed E-state index contributed by atoms with van der Waals surface area (Å²) in [7, 11) is 0. The number of Topliss-reactive ketones (excluding diaryl/α,β-unsaturated/α-hetero) is 2. The third kappa shape index (κ3) is 2.29. The Kier molecular flexibility index (Phi) is 3.49. The Balaban J connectivity index is 2.12. The number of ketones is 2. The summed E-state index contributed by atoms with van der Waals surface area (Å²) >= 11 is 0. The maximum atomic E-state index is 12.8. The van der Waals surface area contributed by atoms with Crippen LogP contribution in [0.2, 0.25) is 0 Å². The SMILES string of the molecule is C=CCNC1CC(C)(C)OC2=C1C(=O)c1ccccc1C2=O. The Labute approximate surface area is 129 Å². The third-order valence-corrected chi connectivity index (χ3v) is 4.04. The van der Waals surface area contributed by atoms with E-state index in [-0.39, 0.29) is 23.4 Å². The normalized spacial score (nSPS) is 22.7. The van der Waals surface area contributed by atoms with E-state index < -0.39 is 5.60 Å². The van der Waals surface area contributed by atoms with E-state index in [2.05, 4.69) is 11.9 Å². The highest BCUT2D eigenvalue weighted by atomic mass is 16.5. The van der Waals surface area contributed by atoms with Crippen molar-refractivity contribution in [3.8, 4) is 0 Å². The van der Waals surface area contributed by atoms with Crippen LogP contribution in [0, 0.1) is 0 Å². The van der Waals surface area contributed by atoms with Gasteiger partial charge < -0.3 is 10.1 Å². The molecule has 1 aliphatic heterocycles. The van der Waals surface area contributed by atoms with E-state index in [9.17, 15) is 9.59 Å². The summed E-state index contributed by atoms with van der Waals surface area (Å²) in [6.45, 7) is 8.12. The second kappa shape index (κ2) is 5.21. The molecule has 1 N–H and O–H groups in total. The summed E-state index contributed by atoms with van der Waals surface area (Å²) in [5, 5.41) is 3.28. The summed E-state index contributed by atoms with van der Waals surface area (Å²) in [6.07, 6.45) is 2.37. The van der Waals surface area contributed by atoms with Crippen molar-refractivity contribution in [2.45, 2.75) is 31.9 Å². The molecular formula is C18H19NO3. The topological polar surface area (TPSA) is 55.4 Å². The van der Waals surface area contributed by atoms with Gasteiger partial charge in [0.1, 0.15) is 5.60 Å². The van der Waals surface area contributed by atoms with E-state index in [1.807, 2.05) is 13.8 Å². The Morgan fingerprint density at radius 3 is 2.55 bits per heavy atom. The summed E-state index contributed by atoms with van der Waals surface area (Å²) in [6, 6.07) is 6.70. The van der Waals surface area contributed by atoms with Gasteiger partial charge in [-0.1, -0.05) is 30.3 Å². The van der Waals surface area contributed by atoms with Crippen molar-refractivity contribution in [1.29, 1.82) is 0 Å². The lowest BCUT2D eigenvalue weighted by Crippen LogP contribution is -2.48. The molecule has 3 rings (SSSR count). The molecule has 1 heterocycles. The maximum Gasteiger partial charge on any atom is 0.228 e. The Hall–Kier alpha value is -2.20. The van der Waals surface area contributed by atoms with Crippen LogP contribution in [0.5, 0.6) is 0 Å². The smallest absolute Gasteiger partial charge is 0.228 e. The maximum absolute atomic E-state index is 12.8. The van der Waals surface area contributed by atoms with E-state index in [0.29, 0.717) is 29.7 Å². The molecular weight excluding hydrogens is 278 g/mol. The standard InChI is InChI=1S/C18H19NO3/c1-4-9-19-13-10-18(2,3)22-17-14(13)15(20)11-7-5-6-8-12(11)16(17)21/h4-8,13,19H,1,9-10H2,2-3H3. The van der Waals surface area contributed by atoms with Crippen LogP contribution in [-0.4, -0.2) is 29.8 Å². The molecule has 0 bridgehead atoms. The molecule has 114 valence electrons. The molecule has 0 fully saturated rings. The quantitative estimate of drug-likeness (QED) is 0.872. The largest absolute Gasteiger partial charge is 0.483 e.